The van der Waals surface area contributed by atoms with Crippen LogP contribution in [-0.2, 0) is 12.1 Å². The zero-order valence-corrected chi connectivity index (χ0v) is 13.4. The lowest BCUT2D eigenvalue weighted by Gasteiger charge is -2.42. The maximum atomic E-state index is 9.68. The molecule has 0 aromatic carbocycles. The molecule has 0 radical (unpaired) electrons. The van der Waals surface area contributed by atoms with Gasteiger partial charge in [-0.3, -0.25) is 9.80 Å². The first-order valence-corrected chi connectivity index (χ1v) is 7.98. The van der Waals surface area contributed by atoms with Crippen LogP contribution in [-0.4, -0.2) is 68.2 Å². The van der Waals surface area contributed by atoms with Gasteiger partial charge in [0.2, 0.25) is 0 Å². The van der Waals surface area contributed by atoms with Crippen molar-refractivity contribution in [1.29, 1.82) is 0 Å². The van der Waals surface area contributed by atoms with Gasteiger partial charge in [-0.15, -0.1) is 5.10 Å². The van der Waals surface area contributed by atoms with Crippen molar-refractivity contribution in [3.05, 3.63) is 11.9 Å². The van der Waals surface area contributed by atoms with E-state index in [4.69, 9.17) is 0 Å². The summed E-state index contributed by atoms with van der Waals surface area (Å²) in [6.07, 6.45) is 4.61. The lowest BCUT2D eigenvalue weighted by atomic mass is 10.1. The van der Waals surface area contributed by atoms with Crippen LogP contribution >= 0.6 is 0 Å². The summed E-state index contributed by atoms with van der Waals surface area (Å²) >= 11 is 0. The highest BCUT2D eigenvalue weighted by Crippen LogP contribution is 2.25. The van der Waals surface area contributed by atoms with E-state index >= 15 is 0 Å². The van der Waals surface area contributed by atoms with E-state index in [0.717, 1.165) is 25.3 Å². The molecule has 0 amide bonds. The molecule has 2 atom stereocenters. The van der Waals surface area contributed by atoms with Crippen LogP contribution < -0.4 is 0 Å². The summed E-state index contributed by atoms with van der Waals surface area (Å²) in [6, 6.07) is 0.879. The van der Waals surface area contributed by atoms with E-state index in [1.54, 1.807) is 0 Å². The molecule has 0 unspecified atom stereocenters. The van der Waals surface area contributed by atoms with Gasteiger partial charge in [0.15, 0.2) is 0 Å². The van der Waals surface area contributed by atoms with Gasteiger partial charge in [0.1, 0.15) is 0 Å². The molecule has 2 aliphatic rings. The van der Waals surface area contributed by atoms with Crippen molar-refractivity contribution in [1.82, 2.24) is 24.8 Å². The predicted octanol–water partition coefficient (Wildman–Crippen LogP) is 0.674. The highest BCUT2D eigenvalue weighted by atomic mass is 16.3. The van der Waals surface area contributed by atoms with E-state index in [1.165, 1.54) is 19.4 Å². The van der Waals surface area contributed by atoms with Crippen LogP contribution in [0.5, 0.6) is 0 Å². The quantitative estimate of drug-likeness (QED) is 0.888. The van der Waals surface area contributed by atoms with Crippen molar-refractivity contribution in [2.75, 3.05) is 26.2 Å². The summed E-state index contributed by atoms with van der Waals surface area (Å²) in [4.78, 5) is 4.91. The fourth-order valence-corrected chi connectivity index (χ4v) is 3.42. The molecule has 6 heteroatoms. The van der Waals surface area contributed by atoms with Crippen molar-refractivity contribution in [3.8, 4) is 0 Å². The number of piperazine rings is 1. The summed E-state index contributed by atoms with van der Waals surface area (Å²) < 4.78 is 1.92. The van der Waals surface area contributed by atoms with Gasteiger partial charge in [-0.05, 0) is 40.2 Å². The Bertz CT molecular complexity index is 481. The van der Waals surface area contributed by atoms with Crippen molar-refractivity contribution in [2.24, 2.45) is 0 Å². The van der Waals surface area contributed by atoms with Crippen molar-refractivity contribution in [3.63, 3.8) is 0 Å². The van der Waals surface area contributed by atoms with Gasteiger partial charge >= 0.3 is 0 Å². The number of rotatable bonds is 3. The molecule has 21 heavy (non-hydrogen) atoms. The number of nitrogens with zero attached hydrogens (tertiary/aromatic N) is 5. The Labute approximate surface area is 126 Å². The first kappa shape index (κ1) is 14.9. The smallest absolute Gasteiger partial charge is 0.0967 e. The minimum absolute atomic E-state index is 0.0359. The van der Waals surface area contributed by atoms with Crippen molar-refractivity contribution >= 4 is 0 Å². The van der Waals surface area contributed by atoms with Crippen LogP contribution in [0.2, 0.25) is 0 Å². The van der Waals surface area contributed by atoms with E-state index in [1.807, 2.05) is 10.9 Å². The highest BCUT2D eigenvalue weighted by Gasteiger charge is 2.36. The third kappa shape index (κ3) is 3.12. The number of aromatic nitrogens is 3. The monoisotopic (exact) mass is 293 g/mol. The second-order valence-corrected chi connectivity index (χ2v) is 7.38. The zero-order valence-electron chi connectivity index (χ0n) is 13.4. The SMILES string of the molecule is CC(C)(C)n1cc(CN2C[C@@H]3CCCN3C[C@@H]2CO)nn1. The van der Waals surface area contributed by atoms with Crippen LogP contribution in [0.3, 0.4) is 0 Å². The molecular weight excluding hydrogens is 266 g/mol. The molecule has 0 bridgehead atoms. The number of aliphatic hydroxyl groups excluding tert-OH is 1. The molecule has 2 aliphatic heterocycles. The van der Waals surface area contributed by atoms with E-state index in [-0.39, 0.29) is 18.2 Å². The Morgan fingerprint density at radius 1 is 1.33 bits per heavy atom. The summed E-state index contributed by atoms with van der Waals surface area (Å²) in [5.74, 6) is 0. The molecule has 6 nitrogen and oxygen atoms in total. The standard InChI is InChI=1S/C15H27N5O/c1-15(2,3)20-8-12(16-17-20)7-19-9-13-5-4-6-18(13)10-14(19)11-21/h8,13-14,21H,4-7,9-11H2,1-3H3/t13-,14+/m0/s1. The van der Waals surface area contributed by atoms with Crippen LogP contribution in [0.4, 0.5) is 0 Å². The maximum absolute atomic E-state index is 9.68. The molecule has 3 rings (SSSR count). The third-order valence-corrected chi connectivity index (χ3v) is 4.71. The average Bonchev–Trinajstić information content (AvgIpc) is 3.05. The summed E-state index contributed by atoms with van der Waals surface area (Å²) in [5, 5.41) is 18.2. The van der Waals surface area contributed by atoms with Crippen LogP contribution in [0.25, 0.3) is 0 Å². The molecule has 2 saturated heterocycles. The molecule has 1 aromatic rings. The molecule has 0 spiro atoms. The van der Waals surface area contributed by atoms with E-state index < -0.39 is 0 Å². The normalized spacial score (nSPS) is 28.0. The lowest BCUT2D eigenvalue weighted by Crippen LogP contribution is -2.56. The van der Waals surface area contributed by atoms with E-state index in [2.05, 4.69) is 40.9 Å². The second-order valence-electron chi connectivity index (χ2n) is 7.38. The van der Waals surface area contributed by atoms with Crippen LogP contribution in [0.15, 0.2) is 6.20 Å². The highest BCUT2D eigenvalue weighted by molar-refractivity contribution is 4.99. The van der Waals surface area contributed by atoms with E-state index in [9.17, 15) is 5.11 Å². The van der Waals surface area contributed by atoms with Gasteiger partial charge in [-0.1, -0.05) is 5.21 Å². The van der Waals surface area contributed by atoms with Crippen LogP contribution in [0.1, 0.15) is 39.3 Å². The van der Waals surface area contributed by atoms with Gasteiger partial charge in [-0.25, -0.2) is 4.68 Å². The predicted molar refractivity (Wildman–Crippen MR) is 80.9 cm³/mol. The van der Waals surface area contributed by atoms with Crippen molar-refractivity contribution < 1.29 is 5.11 Å². The number of aliphatic hydroxyl groups is 1. The Hall–Kier alpha value is -0.980. The Morgan fingerprint density at radius 3 is 2.81 bits per heavy atom. The molecular formula is C15H27N5O. The van der Waals surface area contributed by atoms with Crippen LogP contribution in [0, 0.1) is 0 Å². The van der Waals surface area contributed by atoms with E-state index in [0.29, 0.717) is 6.04 Å². The molecule has 1 N–H and O–H groups in total. The van der Waals surface area contributed by atoms with Gasteiger partial charge in [-0.2, -0.15) is 0 Å². The number of fused-ring (bicyclic) bond motifs is 1. The molecule has 1 aromatic heterocycles. The fraction of sp³-hybridized carbons (Fsp3) is 0.867. The molecule has 2 fully saturated rings. The molecule has 0 saturated carbocycles. The lowest BCUT2D eigenvalue weighted by molar-refractivity contribution is 0.0163. The molecule has 0 aliphatic carbocycles. The zero-order chi connectivity index (χ0) is 15.0. The van der Waals surface area contributed by atoms with Crippen molar-refractivity contribution in [2.45, 2.75) is 57.8 Å². The third-order valence-electron chi connectivity index (χ3n) is 4.71. The first-order valence-electron chi connectivity index (χ1n) is 7.98. The average molecular weight is 293 g/mol. The Morgan fingerprint density at radius 2 is 2.14 bits per heavy atom. The maximum Gasteiger partial charge on any atom is 0.0967 e. The largest absolute Gasteiger partial charge is 0.395 e. The van der Waals surface area contributed by atoms with Gasteiger partial charge < -0.3 is 5.11 Å². The fourth-order valence-electron chi connectivity index (χ4n) is 3.42. The topological polar surface area (TPSA) is 57.4 Å². The number of hydrogen-bond donors (Lipinski definition) is 1. The minimum Gasteiger partial charge on any atom is -0.395 e. The minimum atomic E-state index is -0.0359. The summed E-state index contributed by atoms with van der Waals surface area (Å²) in [6.45, 7) is 10.6. The molecule has 118 valence electrons. The summed E-state index contributed by atoms with van der Waals surface area (Å²) in [5.41, 5.74) is 0.959. The Kier molecular flexibility index (Phi) is 4.03. The van der Waals surface area contributed by atoms with Gasteiger partial charge in [0.25, 0.3) is 0 Å². The molecule has 3 heterocycles. The number of hydrogen-bond acceptors (Lipinski definition) is 5. The second kappa shape index (κ2) is 5.66. The van der Waals surface area contributed by atoms with Gasteiger partial charge in [0.05, 0.1) is 24.0 Å². The Balaban J connectivity index is 1.69. The van der Waals surface area contributed by atoms with Gasteiger partial charge in [0, 0.05) is 31.7 Å². The summed E-state index contributed by atoms with van der Waals surface area (Å²) in [7, 11) is 0. The first-order chi connectivity index (χ1) is 9.97.